The van der Waals surface area contributed by atoms with Crippen LogP contribution in [0.3, 0.4) is 0 Å². The fourth-order valence-corrected chi connectivity index (χ4v) is 3.05. The highest BCUT2D eigenvalue weighted by Crippen LogP contribution is 2.13. The van der Waals surface area contributed by atoms with Gasteiger partial charge in [-0.1, -0.05) is 24.3 Å². The van der Waals surface area contributed by atoms with Crippen molar-refractivity contribution >= 4 is 36.0 Å². The molecule has 7 nitrogen and oxygen atoms in total. The van der Waals surface area contributed by atoms with Gasteiger partial charge < -0.3 is 25.6 Å². The number of rotatable bonds is 6. The van der Waals surface area contributed by atoms with Gasteiger partial charge in [-0.3, -0.25) is 0 Å². The van der Waals surface area contributed by atoms with E-state index in [1.54, 1.807) is 4.90 Å². The van der Waals surface area contributed by atoms with Crippen molar-refractivity contribution < 1.29 is 9.53 Å². The van der Waals surface area contributed by atoms with Gasteiger partial charge in [0.25, 0.3) is 0 Å². The fraction of sp³-hybridized carbons (Fsp3) is 0.579. The van der Waals surface area contributed by atoms with E-state index in [2.05, 4.69) is 41.4 Å². The number of amides is 1. The van der Waals surface area contributed by atoms with Crippen LogP contribution in [-0.2, 0) is 17.8 Å². The fourth-order valence-electron chi connectivity index (χ4n) is 3.05. The van der Waals surface area contributed by atoms with Crippen LogP contribution < -0.4 is 11.1 Å². The molecule has 0 aliphatic carbocycles. The van der Waals surface area contributed by atoms with Crippen molar-refractivity contribution in [2.24, 2.45) is 10.7 Å². The van der Waals surface area contributed by atoms with Gasteiger partial charge in [0.1, 0.15) is 0 Å². The lowest BCUT2D eigenvalue weighted by atomic mass is 10.1. The molecule has 0 aromatic heterocycles. The molecule has 1 aromatic carbocycles. The Morgan fingerprint density at radius 2 is 1.93 bits per heavy atom. The second kappa shape index (κ2) is 12.0. The number of nitrogens with two attached hydrogens (primary N) is 1. The zero-order valence-corrected chi connectivity index (χ0v) is 18.8. The van der Waals surface area contributed by atoms with E-state index >= 15 is 0 Å². The van der Waals surface area contributed by atoms with E-state index in [9.17, 15) is 4.79 Å². The molecule has 0 unspecified atom stereocenters. The number of hydrogen-bond donors (Lipinski definition) is 2. The Morgan fingerprint density at radius 3 is 2.52 bits per heavy atom. The Balaban J connectivity index is 0.00000364. The van der Waals surface area contributed by atoms with Crippen LogP contribution in [-0.4, -0.2) is 61.7 Å². The molecule has 1 heterocycles. The van der Waals surface area contributed by atoms with Crippen molar-refractivity contribution in [3.05, 3.63) is 35.4 Å². The number of halogens is 1. The predicted molar refractivity (Wildman–Crippen MR) is 119 cm³/mol. The minimum Gasteiger partial charge on any atom is -0.450 e. The van der Waals surface area contributed by atoms with Gasteiger partial charge in [-0.05, 0) is 45.0 Å². The smallest absolute Gasteiger partial charge is 0.409 e. The lowest BCUT2D eigenvalue weighted by Gasteiger charge is -2.31. The monoisotopic (exact) mass is 489 g/mol. The summed E-state index contributed by atoms with van der Waals surface area (Å²) in [6.45, 7) is 5.02. The van der Waals surface area contributed by atoms with Crippen LogP contribution in [0.15, 0.2) is 29.3 Å². The highest BCUT2D eigenvalue weighted by atomic mass is 127. The minimum absolute atomic E-state index is 0. The van der Waals surface area contributed by atoms with Gasteiger partial charge in [0.15, 0.2) is 5.96 Å². The van der Waals surface area contributed by atoms with Crippen LogP contribution >= 0.6 is 24.0 Å². The normalized spacial score (nSPS) is 15.4. The van der Waals surface area contributed by atoms with Crippen molar-refractivity contribution in [2.75, 3.05) is 33.8 Å². The van der Waals surface area contributed by atoms with Gasteiger partial charge in [0.05, 0.1) is 13.2 Å². The van der Waals surface area contributed by atoms with Crippen LogP contribution in [0.5, 0.6) is 0 Å². The molecule has 0 spiro atoms. The number of likely N-dealkylation sites (tertiary alicyclic amines) is 1. The first kappa shape index (κ1) is 23.5. The van der Waals surface area contributed by atoms with E-state index in [4.69, 9.17) is 10.5 Å². The average molecular weight is 489 g/mol. The summed E-state index contributed by atoms with van der Waals surface area (Å²) in [5.74, 6) is 0.458. The molecular weight excluding hydrogens is 457 g/mol. The number of hydrogen-bond acceptors (Lipinski definition) is 4. The number of aliphatic imine (C=N–C) groups is 1. The third kappa shape index (κ3) is 7.92. The summed E-state index contributed by atoms with van der Waals surface area (Å²) in [7, 11) is 4.11. The summed E-state index contributed by atoms with van der Waals surface area (Å²) >= 11 is 0. The standard InChI is InChI=1S/C19H31N5O2.HI/c1-4-26-19(25)24-11-9-17(10-12-24)22-18(20)21-13-15-7-5-6-8-16(15)14-23(2)3;/h5-8,17H,4,9-14H2,1-3H3,(H3,20,21,22);1H. The lowest BCUT2D eigenvalue weighted by Crippen LogP contribution is -2.48. The van der Waals surface area contributed by atoms with E-state index in [0.29, 0.717) is 32.2 Å². The molecule has 0 atom stereocenters. The number of carbonyl (C=O) groups excluding carboxylic acids is 1. The molecule has 8 heteroatoms. The largest absolute Gasteiger partial charge is 0.450 e. The average Bonchev–Trinajstić information content (AvgIpc) is 2.61. The van der Waals surface area contributed by atoms with Gasteiger partial charge in [-0.25, -0.2) is 9.79 Å². The molecule has 1 aromatic rings. The number of guanidine groups is 1. The zero-order chi connectivity index (χ0) is 18.9. The predicted octanol–water partition coefficient (Wildman–Crippen LogP) is 2.39. The van der Waals surface area contributed by atoms with Gasteiger partial charge in [0.2, 0.25) is 0 Å². The molecule has 0 radical (unpaired) electrons. The second-order valence-corrected chi connectivity index (χ2v) is 6.81. The van der Waals surface area contributed by atoms with Gasteiger partial charge >= 0.3 is 6.09 Å². The molecular formula is C19H32IN5O2. The molecule has 2 rings (SSSR count). The maximum atomic E-state index is 11.7. The minimum atomic E-state index is -0.231. The summed E-state index contributed by atoms with van der Waals surface area (Å²) in [6, 6.07) is 8.53. The summed E-state index contributed by atoms with van der Waals surface area (Å²) in [5.41, 5.74) is 8.51. The van der Waals surface area contributed by atoms with E-state index in [0.717, 1.165) is 19.4 Å². The van der Waals surface area contributed by atoms with Crippen LogP contribution in [0.25, 0.3) is 0 Å². The SMILES string of the molecule is CCOC(=O)N1CCC(NC(N)=NCc2ccccc2CN(C)C)CC1.I. The Bertz CT molecular complexity index is 616. The third-order valence-corrected chi connectivity index (χ3v) is 4.40. The van der Waals surface area contributed by atoms with Crippen molar-refractivity contribution in [3.8, 4) is 0 Å². The summed E-state index contributed by atoms with van der Waals surface area (Å²) in [5, 5.41) is 3.28. The second-order valence-electron chi connectivity index (χ2n) is 6.81. The first-order valence-electron chi connectivity index (χ1n) is 9.19. The third-order valence-electron chi connectivity index (χ3n) is 4.40. The molecule has 1 aliphatic rings. The number of piperidine rings is 1. The van der Waals surface area contributed by atoms with E-state index in [1.165, 1.54) is 11.1 Å². The number of nitrogens with one attached hydrogen (secondary N) is 1. The van der Waals surface area contributed by atoms with E-state index in [-0.39, 0.29) is 36.1 Å². The molecule has 1 fully saturated rings. The number of nitrogens with zero attached hydrogens (tertiary/aromatic N) is 3. The van der Waals surface area contributed by atoms with Gasteiger partial charge in [0, 0.05) is 25.7 Å². The van der Waals surface area contributed by atoms with Crippen LogP contribution in [0.1, 0.15) is 30.9 Å². The van der Waals surface area contributed by atoms with E-state index < -0.39 is 0 Å². The van der Waals surface area contributed by atoms with Crippen molar-refractivity contribution in [1.29, 1.82) is 0 Å². The molecule has 1 amide bonds. The highest BCUT2D eigenvalue weighted by molar-refractivity contribution is 14.0. The molecule has 27 heavy (non-hydrogen) atoms. The Morgan fingerprint density at radius 1 is 1.30 bits per heavy atom. The van der Waals surface area contributed by atoms with Gasteiger partial charge in [-0.2, -0.15) is 0 Å². The maximum Gasteiger partial charge on any atom is 0.409 e. The molecule has 3 N–H and O–H groups in total. The number of carbonyl (C=O) groups is 1. The highest BCUT2D eigenvalue weighted by Gasteiger charge is 2.23. The van der Waals surface area contributed by atoms with Crippen molar-refractivity contribution in [1.82, 2.24) is 15.1 Å². The summed E-state index contributed by atoms with van der Waals surface area (Å²) in [4.78, 5) is 20.1. The zero-order valence-electron chi connectivity index (χ0n) is 16.5. The first-order chi connectivity index (χ1) is 12.5. The van der Waals surface area contributed by atoms with Crippen LogP contribution in [0, 0.1) is 0 Å². The van der Waals surface area contributed by atoms with Crippen LogP contribution in [0.4, 0.5) is 4.79 Å². The molecule has 0 saturated carbocycles. The topological polar surface area (TPSA) is 83.2 Å². The molecule has 1 saturated heterocycles. The maximum absolute atomic E-state index is 11.7. The van der Waals surface area contributed by atoms with Crippen molar-refractivity contribution in [2.45, 2.75) is 38.9 Å². The number of benzene rings is 1. The Labute approximate surface area is 179 Å². The Hall–Kier alpha value is -1.55. The quantitative estimate of drug-likeness (QED) is 0.365. The summed E-state index contributed by atoms with van der Waals surface area (Å²) < 4.78 is 5.04. The lowest BCUT2D eigenvalue weighted by molar-refractivity contribution is 0.0963. The van der Waals surface area contributed by atoms with Gasteiger partial charge in [-0.15, -0.1) is 24.0 Å². The number of ether oxygens (including phenoxy) is 1. The van der Waals surface area contributed by atoms with E-state index in [1.807, 2.05) is 19.1 Å². The first-order valence-corrected chi connectivity index (χ1v) is 9.19. The van der Waals surface area contributed by atoms with Crippen molar-refractivity contribution in [3.63, 3.8) is 0 Å². The van der Waals surface area contributed by atoms with Crippen LogP contribution in [0.2, 0.25) is 0 Å². The molecule has 152 valence electrons. The molecule has 0 bridgehead atoms. The summed E-state index contributed by atoms with van der Waals surface area (Å²) in [6.07, 6.45) is 1.45. The Kier molecular flexibility index (Phi) is 10.5. The molecule has 1 aliphatic heterocycles.